The summed E-state index contributed by atoms with van der Waals surface area (Å²) in [5.74, 6) is 0.790. The summed E-state index contributed by atoms with van der Waals surface area (Å²) in [6, 6.07) is 7.02. The van der Waals surface area contributed by atoms with Crippen LogP contribution in [0.4, 0.5) is 0 Å². The van der Waals surface area contributed by atoms with Crippen LogP contribution in [0.3, 0.4) is 0 Å². The molecule has 2 unspecified atom stereocenters. The van der Waals surface area contributed by atoms with Crippen molar-refractivity contribution in [2.45, 2.75) is 52.1 Å². The zero-order chi connectivity index (χ0) is 14.4. The Labute approximate surface area is 123 Å². The van der Waals surface area contributed by atoms with Gasteiger partial charge in [0.25, 0.3) is 0 Å². The van der Waals surface area contributed by atoms with Crippen LogP contribution in [-0.2, 0) is 6.54 Å². The Hall–Kier alpha value is -0.930. The fraction of sp³-hybridized carbons (Fsp3) is 0.706. The van der Waals surface area contributed by atoms with Crippen LogP contribution < -0.4 is 5.32 Å². The van der Waals surface area contributed by atoms with Crippen molar-refractivity contribution >= 4 is 0 Å². The Bertz CT molecular complexity index is 405. The monoisotopic (exact) mass is 275 g/mol. The second-order valence-electron chi connectivity index (χ2n) is 6.04. The van der Waals surface area contributed by atoms with Gasteiger partial charge in [-0.2, -0.15) is 0 Å². The molecule has 1 aliphatic carbocycles. The molecule has 1 aliphatic rings. The number of hydrogen-bond donors (Lipinski definition) is 1. The van der Waals surface area contributed by atoms with E-state index in [4.69, 9.17) is 0 Å². The molecule has 1 fully saturated rings. The third-order valence-electron chi connectivity index (χ3n) is 4.55. The number of nitrogens with zero attached hydrogens (tertiary/aromatic N) is 2. The van der Waals surface area contributed by atoms with Gasteiger partial charge in [-0.3, -0.25) is 9.88 Å². The van der Waals surface area contributed by atoms with Crippen molar-refractivity contribution in [3.63, 3.8) is 0 Å². The summed E-state index contributed by atoms with van der Waals surface area (Å²) in [5, 5.41) is 3.51. The zero-order valence-electron chi connectivity index (χ0n) is 13.2. The van der Waals surface area contributed by atoms with E-state index in [1.54, 1.807) is 0 Å². The zero-order valence-corrected chi connectivity index (χ0v) is 13.2. The van der Waals surface area contributed by atoms with Crippen LogP contribution in [0.5, 0.6) is 0 Å². The van der Waals surface area contributed by atoms with Gasteiger partial charge in [-0.15, -0.1) is 0 Å². The molecular weight excluding hydrogens is 246 g/mol. The summed E-state index contributed by atoms with van der Waals surface area (Å²) >= 11 is 0. The number of rotatable bonds is 6. The van der Waals surface area contributed by atoms with E-state index in [1.165, 1.54) is 37.9 Å². The molecule has 2 atom stereocenters. The molecule has 1 N–H and O–H groups in total. The highest BCUT2D eigenvalue weighted by molar-refractivity contribution is 5.09. The molecule has 0 aromatic carbocycles. The highest BCUT2D eigenvalue weighted by Gasteiger charge is 2.25. The molecule has 3 nitrogen and oxygen atoms in total. The second kappa shape index (κ2) is 7.75. The average Bonchev–Trinajstić information content (AvgIpc) is 2.47. The first kappa shape index (κ1) is 15.5. The molecule has 0 amide bonds. The summed E-state index contributed by atoms with van der Waals surface area (Å²) in [6.45, 7) is 7.59. The van der Waals surface area contributed by atoms with Crippen molar-refractivity contribution in [3.8, 4) is 0 Å². The van der Waals surface area contributed by atoms with Crippen LogP contribution in [0.15, 0.2) is 18.2 Å². The van der Waals surface area contributed by atoms with E-state index in [9.17, 15) is 0 Å². The van der Waals surface area contributed by atoms with Gasteiger partial charge in [-0.25, -0.2) is 0 Å². The van der Waals surface area contributed by atoms with Crippen LogP contribution in [-0.4, -0.2) is 36.1 Å². The van der Waals surface area contributed by atoms with Crippen molar-refractivity contribution < 1.29 is 0 Å². The maximum Gasteiger partial charge on any atom is 0.0547 e. The van der Waals surface area contributed by atoms with Gasteiger partial charge in [0, 0.05) is 24.8 Å². The largest absolute Gasteiger partial charge is 0.317 e. The van der Waals surface area contributed by atoms with Gasteiger partial charge in [-0.05, 0) is 51.4 Å². The molecule has 1 aromatic rings. The van der Waals surface area contributed by atoms with E-state index in [-0.39, 0.29) is 0 Å². The number of pyridine rings is 1. The van der Waals surface area contributed by atoms with E-state index in [0.29, 0.717) is 6.04 Å². The first-order valence-electron chi connectivity index (χ1n) is 8.05. The average molecular weight is 275 g/mol. The summed E-state index contributed by atoms with van der Waals surface area (Å²) in [7, 11) is 2.11. The number of aryl methyl sites for hydroxylation is 1. The van der Waals surface area contributed by atoms with Gasteiger partial charge in [0.05, 0.1) is 5.69 Å². The van der Waals surface area contributed by atoms with Gasteiger partial charge in [-0.1, -0.05) is 25.8 Å². The Morgan fingerprint density at radius 1 is 1.30 bits per heavy atom. The molecular formula is C17H29N3. The maximum absolute atomic E-state index is 4.64. The van der Waals surface area contributed by atoms with Crippen LogP contribution in [0.1, 0.15) is 44.0 Å². The molecule has 1 aromatic heterocycles. The third-order valence-corrected chi connectivity index (χ3v) is 4.55. The van der Waals surface area contributed by atoms with Crippen molar-refractivity contribution in [3.05, 3.63) is 29.6 Å². The topological polar surface area (TPSA) is 28.2 Å². The molecule has 0 saturated heterocycles. The molecule has 2 rings (SSSR count). The normalized spacial score (nSPS) is 23.2. The third kappa shape index (κ3) is 4.29. The molecule has 1 saturated carbocycles. The molecule has 0 radical (unpaired) electrons. The van der Waals surface area contributed by atoms with E-state index < -0.39 is 0 Å². The lowest BCUT2D eigenvalue weighted by atomic mass is 9.84. The van der Waals surface area contributed by atoms with Crippen LogP contribution in [0.25, 0.3) is 0 Å². The minimum Gasteiger partial charge on any atom is -0.317 e. The van der Waals surface area contributed by atoms with Crippen LogP contribution in [0, 0.1) is 12.8 Å². The first-order valence-corrected chi connectivity index (χ1v) is 8.05. The fourth-order valence-electron chi connectivity index (χ4n) is 3.36. The molecule has 3 heteroatoms. The van der Waals surface area contributed by atoms with E-state index in [0.717, 1.165) is 24.7 Å². The standard InChI is InChI=1S/C17H29N3/c1-4-20(13-16-10-7-8-14(2)19-16)12-15-9-5-6-11-17(15)18-3/h7-8,10,15,17-18H,4-6,9,11-13H2,1-3H3. The molecule has 20 heavy (non-hydrogen) atoms. The lowest BCUT2D eigenvalue weighted by Gasteiger charge is -2.35. The Balaban J connectivity index is 1.94. The first-order chi connectivity index (χ1) is 9.72. The molecule has 1 heterocycles. The highest BCUT2D eigenvalue weighted by atomic mass is 15.1. The summed E-state index contributed by atoms with van der Waals surface area (Å²) < 4.78 is 0. The highest BCUT2D eigenvalue weighted by Crippen LogP contribution is 2.25. The van der Waals surface area contributed by atoms with Gasteiger partial charge in [0.15, 0.2) is 0 Å². The number of hydrogen-bond acceptors (Lipinski definition) is 3. The van der Waals surface area contributed by atoms with E-state index in [2.05, 4.69) is 54.3 Å². The van der Waals surface area contributed by atoms with Crippen molar-refractivity contribution in [1.82, 2.24) is 15.2 Å². The molecule has 0 bridgehead atoms. The maximum atomic E-state index is 4.64. The lowest BCUT2D eigenvalue weighted by molar-refractivity contribution is 0.170. The summed E-state index contributed by atoms with van der Waals surface area (Å²) in [4.78, 5) is 7.18. The quantitative estimate of drug-likeness (QED) is 0.865. The predicted molar refractivity (Wildman–Crippen MR) is 84.7 cm³/mol. The summed E-state index contributed by atoms with van der Waals surface area (Å²) in [5.41, 5.74) is 2.31. The number of aromatic nitrogens is 1. The predicted octanol–water partition coefficient (Wildman–Crippen LogP) is 2.99. The van der Waals surface area contributed by atoms with Crippen molar-refractivity contribution in [1.29, 1.82) is 0 Å². The van der Waals surface area contributed by atoms with E-state index in [1.807, 2.05) is 0 Å². The Kier molecular flexibility index (Phi) is 5.99. The van der Waals surface area contributed by atoms with Crippen LogP contribution >= 0.6 is 0 Å². The molecule has 0 spiro atoms. The lowest BCUT2D eigenvalue weighted by Crippen LogP contribution is -2.42. The summed E-state index contributed by atoms with van der Waals surface area (Å²) in [6.07, 6.45) is 5.47. The van der Waals surface area contributed by atoms with Gasteiger partial charge in [0.2, 0.25) is 0 Å². The molecule has 112 valence electrons. The van der Waals surface area contributed by atoms with Crippen molar-refractivity contribution in [2.75, 3.05) is 20.1 Å². The fourth-order valence-corrected chi connectivity index (χ4v) is 3.36. The Morgan fingerprint density at radius 2 is 2.10 bits per heavy atom. The SMILES string of the molecule is CCN(Cc1cccc(C)n1)CC1CCCCC1NC. The van der Waals surface area contributed by atoms with Gasteiger partial charge in [0.1, 0.15) is 0 Å². The molecule has 0 aliphatic heterocycles. The van der Waals surface area contributed by atoms with Crippen LogP contribution in [0.2, 0.25) is 0 Å². The van der Waals surface area contributed by atoms with Crippen molar-refractivity contribution in [2.24, 2.45) is 5.92 Å². The minimum atomic E-state index is 0.697. The smallest absolute Gasteiger partial charge is 0.0547 e. The second-order valence-corrected chi connectivity index (χ2v) is 6.04. The minimum absolute atomic E-state index is 0.697. The van der Waals surface area contributed by atoms with Gasteiger partial charge >= 0.3 is 0 Å². The Morgan fingerprint density at radius 3 is 2.80 bits per heavy atom. The van der Waals surface area contributed by atoms with Gasteiger partial charge < -0.3 is 5.32 Å². The van der Waals surface area contributed by atoms with E-state index >= 15 is 0 Å². The number of nitrogens with one attached hydrogen (secondary N) is 1.